The van der Waals surface area contributed by atoms with Crippen LogP contribution in [0.1, 0.15) is 50.8 Å². The third-order valence-electron chi connectivity index (χ3n) is 4.38. The highest BCUT2D eigenvalue weighted by Crippen LogP contribution is 2.26. The Morgan fingerprint density at radius 3 is 2.65 bits per heavy atom. The fourth-order valence-electron chi connectivity index (χ4n) is 2.94. The van der Waals surface area contributed by atoms with Gasteiger partial charge in [-0.2, -0.15) is 0 Å². The number of carbonyl (C=O) groups excluding carboxylic acids is 1. The van der Waals surface area contributed by atoms with E-state index in [0.29, 0.717) is 12.4 Å². The number of hydrogen-bond acceptors (Lipinski definition) is 5. The van der Waals surface area contributed by atoms with Gasteiger partial charge >= 0.3 is 5.82 Å². The van der Waals surface area contributed by atoms with Crippen molar-refractivity contribution in [3.05, 3.63) is 22.1 Å². The van der Waals surface area contributed by atoms with Gasteiger partial charge in [0, 0.05) is 26.4 Å². The van der Waals surface area contributed by atoms with Crippen molar-refractivity contribution < 1.29 is 14.8 Å². The molecule has 0 unspecified atom stereocenters. The van der Waals surface area contributed by atoms with Crippen LogP contribution < -0.4 is 5.32 Å². The standard InChI is InChI=1S/C15H24N4O4/c1-12-17-13(19(22)23)10-18(12)9-6-14(20)16-11-15(21)7-4-2-3-5-8-15/h10,21H,2-9,11H2,1H3,(H,16,20). The molecule has 1 fully saturated rings. The molecule has 1 amide bonds. The summed E-state index contributed by atoms with van der Waals surface area (Å²) in [6.07, 6.45) is 7.23. The van der Waals surface area contributed by atoms with Gasteiger partial charge in [0.2, 0.25) is 11.7 Å². The maximum atomic E-state index is 11.9. The van der Waals surface area contributed by atoms with E-state index in [0.717, 1.165) is 38.5 Å². The van der Waals surface area contributed by atoms with Crippen molar-refractivity contribution in [3.63, 3.8) is 0 Å². The molecule has 2 rings (SSSR count). The molecule has 128 valence electrons. The summed E-state index contributed by atoms with van der Waals surface area (Å²) >= 11 is 0. The molecule has 0 spiro atoms. The largest absolute Gasteiger partial charge is 0.388 e. The minimum absolute atomic E-state index is 0.168. The molecule has 0 radical (unpaired) electrons. The van der Waals surface area contributed by atoms with E-state index in [2.05, 4.69) is 10.3 Å². The maximum Gasteiger partial charge on any atom is 0.381 e. The number of carbonyl (C=O) groups is 1. The molecular formula is C15H24N4O4. The van der Waals surface area contributed by atoms with Gasteiger partial charge in [-0.25, -0.2) is 0 Å². The zero-order valence-electron chi connectivity index (χ0n) is 13.5. The zero-order chi connectivity index (χ0) is 16.9. The number of nitro groups is 1. The molecule has 23 heavy (non-hydrogen) atoms. The molecule has 1 saturated carbocycles. The van der Waals surface area contributed by atoms with E-state index in [4.69, 9.17) is 0 Å². The number of amides is 1. The summed E-state index contributed by atoms with van der Waals surface area (Å²) in [7, 11) is 0. The van der Waals surface area contributed by atoms with Gasteiger partial charge in [-0.05, 0) is 22.7 Å². The average molecular weight is 324 g/mol. The Labute approximate surface area is 135 Å². The lowest BCUT2D eigenvalue weighted by molar-refractivity contribution is -0.389. The Morgan fingerprint density at radius 2 is 2.09 bits per heavy atom. The SMILES string of the molecule is Cc1nc([N+](=O)[O-])cn1CCC(=O)NCC1(O)CCCCCC1. The third-order valence-corrected chi connectivity index (χ3v) is 4.38. The highest BCUT2D eigenvalue weighted by atomic mass is 16.6. The Balaban J connectivity index is 1.80. The molecule has 1 aliphatic rings. The average Bonchev–Trinajstić information content (AvgIpc) is 2.74. The summed E-state index contributed by atoms with van der Waals surface area (Å²) in [6, 6.07) is 0. The Bertz CT molecular complexity index is 562. The van der Waals surface area contributed by atoms with Crippen molar-refractivity contribution >= 4 is 11.7 Å². The summed E-state index contributed by atoms with van der Waals surface area (Å²) in [6.45, 7) is 2.27. The summed E-state index contributed by atoms with van der Waals surface area (Å²) in [5.74, 6) is 0.126. The summed E-state index contributed by atoms with van der Waals surface area (Å²) in [4.78, 5) is 25.9. The number of rotatable bonds is 6. The number of imidazole rings is 1. The van der Waals surface area contributed by atoms with Crippen molar-refractivity contribution in [3.8, 4) is 0 Å². The van der Waals surface area contributed by atoms with Crippen molar-refractivity contribution in [2.75, 3.05) is 6.54 Å². The summed E-state index contributed by atoms with van der Waals surface area (Å²) in [5.41, 5.74) is -0.796. The van der Waals surface area contributed by atoms with Crippen LogP contribution >= 0.6 is 0 Å². The van der Waals surface area contributed by atoms with Gasteiger partial charge in [0.05, 0.1) is 5.60 Å². The number of nitrogens with zero attached hydrogens (tertiary/aromatic N) is 3. The topological polar surface area (TPSA) is 110 Å². The molecule has 1 aromatic rings. The number of hydrogen-bond donors (Lipinski definition) is 2. The molecule has 8 heteroatoms. The number of aryl methyl sites for hydroxylation is 2. The Morgan fingerprint density at radius 1 is 1.43 bits per heavy atom. The molecular weight excluding hydrogens is 300 g/mol. The highest BCUT2D eigenvalue weighted by molar-refractivity contribution is 5.75. The van der Waals surface area contributed by atoms with E-state index >= 15 is 0 Å². The molecule has 0 aromatic carbocycles. The van der Waals surface area contributed by atoms with Gasteiger partial charge in [0.1, 0.15) is 6.20 Å². The number of nitrogens with one attached hydrogen (secondary N) is 1. The van der Waals surface area contributed by atoms with E-state index in [1.54, 1.807) is 11.5 Å². The second-order valence-electron chi connectivity index (χ2n) is 6.26. The minimum atomic E-state index is -0.796. The normalized spacial score (nSPS) is 17.5. The van der Waals surface area contributed by atoms with Gasteiger partial charge in [-0.3, -0.25) is 4.79 Å². The van der Waals surface area contributed by atoms with Gasteiger partial charge in [0.25, 0.3) is 0 Å². The van der Waals surface area contributed by atoms with Crippen LogP contribution in [0.25, 0.3) is 0 Å². The van der Waals surface area contributed by atoms with Crippen LogP contribution in [-0.4, -0.2) is 37.6 Å². The van der Waals surface area contributed by atoms with E-state index < -0.39 is 10.5 Å². The van der Waals surface area contributed by atoms with E-state index in [-0.39, 0.29) is 24.7 Å². The lowest BCUT2D eigenvalue weighted by Crippen LogP contribution is -2.42. The third kappa shape index (κ3) is 5.02. The first-order valence-corrected chi connectivity index (χ1v) is 8.07. The molecule has 0 aliphatic heterocycles. The lowest BCUT2D eigenvalue weighted by atomic mass is 9.94. The fourth-order valence-corrected chi connectivity index (χ4v) is 2.94. The first-order valence-electron chi connectivity index (χ1n) is 8.07. The second-order valence-corrected chi connectivity index (χ2v) is 6.26. The van der Waals surface area contributed by atoms with Crippen molar-refractivity contribution in [2.24, 2.45) is 0 Å². The van der Waals surface area contributed by atoms with Crippen LogP contribution in [-0.2, 0) is 11.3 Å². The Hall–Kier alpha value is -1.96. The monoisotopic (exact) mass is 324 g/mol. The first-order chi connectivity index (χ1) is 10.9. The van der Waals surface area contributed by atoms with E-state index in [1.165, 1.54) is 6.20 Å². The van der Waals surface area contributed by atoms with Crippen LogP contribution in [0, 0.1) is 17.0 Å². The van der Waals surface area contributed by atoms with Gasteiger partial charge in [-0.1, -0.05) is 25.7 Å². The molecule has 0 saturated heterocycles. The summed E-state index contributed by atoms with van der Waals surface area (Å²) < 4.78 is 1.60. The van der Waals surface area contributed by atoms with Gasteiger partial charge in [-0.15, -0.1) is 0 Å². The van der Waals surface area contributed by atoms with Crippen molar-refractivity contribution in [2.45, 2.75) is 64.0 Å². The van der Waals surface area contributed by atoms with E-state index in [9.17, 15) is 20.0 Å². The smallest absolute Gasteiger partial charge is 0.381 e. The minimum Gasteiger partial charge on any atom is -0.388 e. The molecule has 1 aliphatic carbocycles. The molecule has 1 heterocycles. The zero-order valence-corrected chi connectivity index (χ0v) is 13.5. The van der Waals surface area contributed by atoms with Crippen LogP contribution in [0.3, 0.4) is 0 Å². The fraction of sp³-hybridized carbons (Fsp3) is 0.733. The molecule has 0 atom stereocenters. The van der Waals surface area contributed by atoms with E-state index in [1.807, 2.05) is 0 Å². The number of aliphatic hydroxyl groups is 1. The van der Waals surface area contributed by atoms with Crippen LogP contribution in [0.4, 0.5) is 5.82 Å². The maximum absolute atomic E-state index is 11.9. The predicted molar refractivity (Wildman–Crippen MR) is 83.9 cm³/mol. The highest BCUT2D eigenvalue weighted by Gasteiger charge is 2.28. The lowest BCUT2D eigenvalue weighted by Gasteiger charge is -2.26. The predicted octanol–water partition coefficient (Wildman–Crippen LogP) is 1.69. The van der Waals surface area contributed by atoms with Gasteiger partial charge < -0.3 is 25.1 Å². The Kier molecular flexibility index (Phi) is 5.70. The quantitative estimate of drug-likeness (QED) is 0.470. The molecule has 0 bridgehead atoms. The van der Waals surface area contributed by atoms with Crippen LogP contribution in [0.2, 0.25) is 0 Å². The van der Waals surface area contributed by atoms with Crippen molar-refractivity contribution in [1.29, 1.82) is 0 Å². The summed E-state index contributed by atoms with van der Waals surface area (Å²) in [5, 5.41) is 23.9. The van der Waals surface area contributed by atoms with Gasteiger partial charge in [0.15, 0.2) is 0 Å². The first kappa shape index (κ1) is 17.4. The number of aromatic nitrogens is 2. The van der Waals surface area contributed by atoms with Crippen molar-refractivity contribution in [1.82, 2.24) is 14.9 Å². The molecule has 2 N–H and O–H groups in total. The van der Waals surface area contributed by atoms with Crippen LogP contribution in [0.5, 0.6) is 0 Å². The van der Waals surface area contributed by atoms with Crippen LogP contribution in [0.15, 0.2) is 6.20 Å². The second kappa shape index (κ2) is 7.54. The molecule has 1 aromatic heterocycles. The molecule has 8 nitrogen and oxygen atoms in total.